The summed E-state index contributed by atoms with van der Waals surface area (Å²) in [5, 5.41) is 16.1. The second-order valence-electron chi connectivity index (χ2n) is 7.26. The predicted octanol–water partition coefficient (Wildman–Crippen LogP) is 4.50. The fourth-order valence-electron chi connectivity index (χ4n) is 3.55. The summed E-state index contributed by atoms with van der Waals surface area (Å²) >= 11 is 13.4. The molecule has 2 aromatic rings. The van der Waals surface area contributed by atoms with E-state index in [1.54, 1.807) is 42.5 Å². The Labute approximate surface area is 216 Å². The van der Waals surface area contributed by atoms with Gasteiger partial charge in [0.25, 0.3) is 0 Å². The normalized spacial score (nSPS) is 17.3. The molecule has 35 heavy (non-hydrogen) atoms. The standard InChI is InChI=1S/C24H21Cl2N3O5S/c1-3-34-18-9-8-13(10-16(18)26)20-14(11-27)23(29-22(31)21(20)24(32)33-2)35-12-19(30)28-17-7-5-4-6-15(17)25/h4-10,20-21H,3,12H2,1-2H3,(H,28,30)(H,29,31)/t20-,21-/m0/s1. The van der Waals surface area contributed by atoms with Crippen LogP contribution in [0.2, 0.25) is 10.0 Å². The first-order valence-corrected chi connectivity index (χ1v) is 12.2. The number of rotatable bonds is 8. The highest BCUT2D eigenvalue weighted by atomic mass is 35.5. The van der Waals surface area contributed by atoms with Crippen LogP contribution >= 0.6 is 35.0 Å². The van der Waals surface area contributed by atoms with Crippen molar-refractivity contribution in [3.63, 3.8) is 0 Å². The van der Waals surface area contributed by atoms with Crippen molar-refractivity contribution in [3.05, 3.63) is 68.7 Å². The van der Waals surface area contributed by atoms with Gasteiger partial charge in [0, 0.05) is 5.92 Å². The second kappa shape index (κ2) is 12.0. The van der Waals surface area contributed by atoms with Crippen LogP contribution in [-0.2, 0) is 19.1 Å². The number of hydrogen-bond acceptors (Lipinski definition) is 7. The third-order valence-electron chi connectivity index (χ3n) is 5.09. The summed E-state index contributed by atoms with van der Waals surface area (Å²) in [6.45, 7) is 2.21. The summed E-state index contributed by atoms with van der Waals surface area (Å²) in [5.41, 5.74) is 1.00. The van der Waals surface area contributed by atoms with Gasteiger partial charge in [-0.3, -0.25) is 14.4 Å². The van der Waals surface area contributed by atoms with Crippen molar-refractivity contribution < 1.29 is 23.9 Å². The molecule has 1 heterocycles. The number of ether oxygens (including phenoxy) is 2. The smallest absolute Gasteiger partial charge is 0.319 e. The van der Waals surface area contributed by atoms with Crippen molar-refractivity contribution in [2.45, 2.75) is 12.8 Å². The third kappa shape index (κ3) is 6.09. The molecule has 0 aromatic heterocycles. The number of para-hydroxylation sites is 1. The number of thioether (sulfide) groups is 1. The monoisotopic (exact) mass is 533 g/mol. The van der Waals surface area contributed by atoms with E-state index in [9.17, 15) is 19.6 Å². The number of carbonyl (C=O) groups excluding carboxylic acids is 3. The lowest BCUT2D eigenvalue weighted by atomic mass is 9.78. The summed E-state index contributed by atoms with van der Waals surface area (Å²) in [5.74, 6) is -3.82. The van der Waals surface area contributed by atoms with Gasteiger partial charge in [0.2, 0.25) is 11.8 Å². The van der Waals surface area contributed by atoms with E-state index in [0.717, 1.165) is 18.9 Å². The number of esters is 1. The third-order valence-corrected chi connectivity index (χ3v) is 6.74. The van der Waals surface area contributed by atoms with E-state index >= 15 is 0 Å². The van der Waals surface area contributed by atoms with Gasteiger partial charge in [0.1, 0.15) is 11.7 Å². The molecule has 1 aliphatic heterocycles. The first kappa shape index (κ1) is 26.4. The van der Waals surface area contributed by atoms with Crippen LogP contribution in [0.4, 0.5) is 5.69 Å². The van der Waals surface area contributed by atoms with E-state index in [-0.39, 0.29) is 21.4 Å². The van der Waals surface area contributed by atoms with Crippen molar-refractivity contribution in [3.8, 4) is 11.8 Å². The molecule has 0 fully saturated rings. The van der Waals surface area contributed by atoms with Crippen LogP contribution in [-0.4, -0.2) is 37.3 Å². The lowest BCUT2D eigenvalue weighted by molar-refractivity contribution is -0.150. The first-order chi connectivity index (χ1) is 16.8. The Hall–Kier alpha value is -3.19. The van der Waals surface area contributed by atoms with Crippen molar-refractivity contribution in [2.75, 3.05) is 24.8 Å². The van der Waals surface area contributed by atoms with E-state index in [0.29, 0.717) is 28.6 Å². The minimum atomic E-state index is -1.31. The van der Waals surface area contributed by atoms with Crippen LogP contribution in [0.3, 0.4) is 0 Å². The summed E-state index contributed by atoms with van der Waals surface area (Å²) in [7, 11) is 1.16. The molecular formula is C24H21Cl2N3O5S. The molecule has 0 radical (unpaired) electrons. The van der Waals surface area contributed by atoms with Gasteiger partial charge in [-0.25, -0.2) is 0 Å². The van der Waals surface area contributed by atoms with Crippen LogP contribution in [0.25, 0.3) is 0 Å². The molecule has 2 N–H and O–H groups in total. The molecule has 2 amide bonds. The maximum atomic E-state index is 12.9. The Morgan fingerprint density at radius 2 is 1.94 bits per heavy atom. The Morgan fingerprint density at radius 3 is 2.57 bits per heavy atom. The summed E-state index contributed by atoms with van der Waals surface area (Å²) in [4.78, 5) is 38.0. The number of allylic oxidation sites excluding steroid dienone is 1. The quantitative estimate of drug-likeness (QED) is 0.378. The second-order valence-corrected chi connectivity index (χ2v) is 9.06. The van der Waals surface area contributed by atoms with Gasteiger partial charge in [0.15, 0.2) is 0 Å². The molecule has 0 spiro atoms. The number of methoxy groups -OCH3 is 1. The van der Waals surface area contributed by atoms with Gasteiger partial charge >= 0.3 is 5.97 Å². The van der Waals surface area contributed by atoms with Gasteiger partial charge in [0.05, 0.1) is 51.9 Å². The Kier molecular flexibility index (Phi) is 9.04. The lowest BCUT2D eigenvalue weighted by Gasteiger charge is -2.31. The van der Waals surface area contributed by atoms with Gasteiger partial charge in [-0.1, -0.05) is 53.2 Å². The summed E-state index contributed by atoms with van der Waals surface area (Å²) in [6.07, 6.45) is 0. The molecule has 8 nitrogen and oxygen atoms in total. The van der Waals surface area contributed by atoms with E-state index < -0.39 is 29.6 Å². The maximum absolute atomic E-state index is 12.9. The zero-order valence-corrected chi connectivity index (χ0v) is 21.1. The Bertz CT molecular complexity index is 1230. The van der Waals surface area contributed by atoms with Gasteiger partial charge < -0.3 is 20.1 Å². The Balaban J connectivity index is 1.94. The molecule has 0 unspecified atom stereocenters. The molecule has 0 bridgehead atoms. The van der Waals surface area contributed by atoms with Gasteiger partial charge in [-0.05, 0) is 36.8 Å². The average Bonchev–Trinajstić information content (AvgIpc) is 2.84. The Morgan fingerprint density at radius 1 is 1.20 bits per heavy atom. The van der Waals surface area contributed by atoms with Gasteiger partial charge in [-0.2, -0.15) is 5.26 Å². The topological polar surface area (TPSA) is 118 Å². The minimum absolute atomic E-state index is 0.107. The highest BCUT2D eigenvalue weighted by molar-refractivity contribution is 8.03. The molecule has 2 aromatic carbocycles. The van der Waals surface area contributed by atoms with Crippen LogP contribution < -0.4 is 15.4 Å². The maximum Gasteiger partial charge on any atom is 0.319 e. The summed E-state index contributed by atoms with van der Waals surface area (Å²) in [6, 6.07) is 13.6. The molecular weight excluding hydrogens is 513 g/mol. The van der Waals surface area contributed by atoms with Crippen molar-refractivity contribution in [1.29, 1.82) is 5.26 Å². The van der Waals surface area contributed by atoms with E-state index in [1.807, 2.05) is 6.92 Å². The van der Waals surface area contributed by atoms with E-state index in [2.05, 4.69) is 16.7 Å². The lowest BCUT2D eigenvalue weighted by Crippen LogP contribution is -2.44. The predicted molar refractivity (Wildman–Crippen MR) is 134 cm³/mol. The van der Waals surface area contributed by atoms with Crippen LogP contribution in [0, 0.1) is 17.2 Å². The molecule has 1 aliphatic rings. The SMILES string of the molecule is CCOc1ccc([C@H]2C(C#N)=C(SCC(=O)Nc3ccccc3Cl)NC(=O)[C@H]2C(=O)OC)cc1Cl. The zero-order chi connectivity index (χ0) is 25.5. The summed E-state index contributed by atoms with van der Waals surface area (Å²) < 4.78 is 10.3. The molecule has 0 saturated heterocycles. The number of nitrogens with one attached hydrogen (secondary N) is 2. The van der Waals surface area contributed by atoms with Crippen LogP contribution in [0.1, 0.15) is 18.4 Å². The zero-order valence-electron chi connectivity index (χ0n) is 18.8. The number of carbonyl (C=O) groups is 3. The minimum Gasteiger partial charge on any atom is -0.492 e. The first-order valence-electron chi connectivity index (χ1n) is 10.4. The van der Waals surface area contributed by atoms with E-state index in [4.69, 9.17) is 32.7 Å². The van der Waals surface area contributed by atoms with Crippen molar-refractivity contribution >= 4 is 58.4 Å². The fourth-order valence-corrected chi connectivity index (χ4v) is 4.82. The van der Waals surface area contributed by atoms with Crippen molar-refractivity contribution in [2.24, 2.45) is 5.92 Å². The molecule has 182 valence electrons. The largest absolute Gasteiger partial charge is 0.492 e. The number of amides is 2. The number of halogens is 2. The highest BCUT2D eigenvalue weighted by Crippen LogP contribution is 2.42. The number of benzene rings is 2. The fraction of sp³-hybridized carbons (Fsp3) is 0.250. The number of nitrogens with zero attached hydrogens (tertiary/aromatic N) is 1. The molecule has 3 rings (SSSR count). The van der Waals surface area contributed by atoms with E-state index in [1.165, 1.54) is 0 Å². The molecule has 11 heteroatoms. The van der Waals surface area contributed by atoms with Crippen molar-refractivity contribution in [1.82, 2.24) is 5.32 Å². The number of anilines is 1. The average molecular weight is 534 g/mol. The number of hydrogen-bond donors (Lipinski definition) is 2. The number of nitriles is 1. The highest BCUT2D eigenvalue weighted by Gasteiger charge is 2.44. The van der Waals surface area contributed by atoms with Crippen LogP contribution in [0.15, 0.2) is 53.1 Å². The van der Waals surface area contributed by atoms with Gasteiger partial charge in [-0.15, -0.1) is 0 Å². The molecule has 0 aliphatic carbocycles. The molecule has 0 saturated carbocycles. The molecule has 2 atom stereocenters. The van der Waals surface area contributed by atoms with Crippen LogP contribution in [0.5, 0.6) is 5.75 Å².